The SMILES string of the molecule is CC(C)(C)C(=O)CSc1nc2ccccc2n1S(=O)(=O)c1ccccc1. The predicted molar refractivity (Wildman–Crippen MR) is 104 cm³/mol. The Bertz CT molecular complexity index is 1050. The minimum atomic E-state index is -3.81. The molecular weight excluding hydrogens is 368 g/mol. The van der Waals surface area contributed by atoms with Gasteiger partial charge in [0.25, 0.3) is 10.0 Å². The third-order valence-corrected chi connectivity index (χ3v) is 6.71. The number of hydrogen-bond acceptors (Lipinski definition) is 5. The fourth-order valence-electron chi connectivity index (χ4n) is 2.35. The molecule has 0 spiro atoms. The number of carbonyl (C=O) groups excluding carboxylic acids is 1. The van der Waals surface area contributed by atoms with Crippen LogP contribution < -0.4 is 0 Å². The van der Waals surface area contributed by atoms with E-state index < -0.39 is 15.4 Å². The van der Waals surface area contributed by atoms with E-state index in [0.29, 0.717) is 16.2 Å². The highest BCUT2D eigenvalue weighted by Gasteiger charge is 2.27. The van der Waals surface area contributed by atoms with Crippen molar-refractivity contribution < 1.29 is 13.2 Å². The highest BCUT2D eigenvalue weighted by atomic mass is 32.2. The lowest BCUT2D eigenvalue weighted by molar-refractivity contribution is -0.123. The van der Waals surface area contributed by atoms with E-state index in [0.717, 1.165) is 11.8 Å². The monoisotopic (exact) mass is 388 g/mol. The summed E-state index contributed by atoms with van der Waals surface area (Å²) in [7, 11) is -3.81. The number of rotatable bonds is 5. The molecule has 5 nitrogen and oxygen atoms in total. The second-order valence-electron chi connectivity index (χ2n) is 6.93. The summed E-state index contributed by atoms with van der Waals surface area (Å²) in [4.78, 5) is 16.9. The Morgan fingerprint density at radius 3 is 2.31 bits per heavy atom. The predicted octanol–water partition coefficient (Wildman–Crippen LogP) is 3.98. The van der Waals surface area contributed by atoms with Gasteiger partial charge in [-0.05, 0) is 24.3 Å². The first-order chi connectivity index (χ1) is 12.2. The molecule has 3 aromatic rings. The summed E-state index contributed by atoms with van der Waals surface area (Å²) < 4.78 is 27.6. The summed E-state index contributed by atoms with van der Waals surface area (Å²) in [6.45, 7) is 5.54. The minimum absolute atomic E-state index is 0.0400. The van der Waals surface area contributed by atoms with Crippen LogP contribution in [-0.4, -0.2) is 28.9 Å². The van der Waals surface area contributed by atoms with Crippen molar-refractivity contribution in [2.45, 2.75) is 30.8 Å². The number of Topliss-reactive ketones (excluding diaryl/α,β-unsaturated/α-hetero) is 1. The maximum atomic E-state index is 13.2. The van der Waals surface area contributed by atoms with Crippen LogP contribution in [0.2, 0.25) is 0 Å². The largest absolute Gasteiger partial charge is 0.298 e. The molecule has 7 heteroatoms. The van der Waals surface area contributed by atoms with E-state index in [-0.39, 0.29) is 16.4 Å². The molecule has 0 amide bonds. The molecular formula is C19H20N2O3S2. The molecule has 0 saturated carbocycles. The van der Waals surface area contributed by atoms with Crippen molar-refractivity contribution in [3.63, 3.8) is 0 Å². The van der Waals surface area contributed by atoms with Crippen LogP contribution in [0.4, 0.5) is 0 Å². The average Bonchev–Trinajstić information content (AvgIpc) is 2.98. The van der Waals surface area contributed by atoms with Crippen LogP contribution in [0.5, 0.6) is 0 Å². The van der Waals surface area contributed by atoms with Crippen molar-refractivity contribution >= 4 is 38.6 Å². The maximum absolute atomic E-state index is 13.2. The van der Waals surface area contributed by atoms with Crippen LogP contribution in [0.15, 0.2) is 64.6 Å². The van der Waals surface area contributed by atoms with Gasteiger partial charge in [-0.15, -0.1) is 0 Å². The number of benzene rings is 2. The Morgan fingerprint density at radius 1 is 1.04 bits per heavy atom. The van der Waals surface area contributed by atoms with Gasteiger partial charge in [0.1, 0.15) is 5.78 Å². The molecule has 0 N–H and O–H groups in total. The fourth-order valence-corrected chi connectivity index (χ4v) is 5.25. The molecule has 0 radical (unpaired) electrons. The van der Waals surface area contributed by atoms with E-state index >= 15 is 0 Å². The normalized spacial score (nSPS) is 12.4. The number of nitrogens with zero attached hydrogens (tertiary/aromatic N) is 2. The summed E-state index contributed by atoms with van der Waals surface area (Å²) in [5.74, 6) is 0.204. The summed E-state index contributed by atoms with van der Waals surface area (Å²) in [5.41, 5.74) is 0.599. The number of fused-ring (bicyclic) bond motifs is 1. The van der Waals surface area contributed by atoms with E-state index in [1.807, 2.05) is 26.8 Å². The third-order valence-electron chi connectivity index (χ3n) is 3.94. The third kappa shape index (κ3) is 3.54. The smallest absolute Gasteiger partial charge is 0.270 e. The van der Waals surface area contributed by atoms with Crippen LogP contribution in [0.25, 0.3) is 11.0 Å². The van der Waals surface area contributed by atoms with E-state index in [1.165, 1.54) is 3.97 Å². The molecule has 2 aromatic carbocycles. The Labute approximate surface area is 157 Å². The Morgan fingerprint density at radius 2 is 1.65 bits per heavy atom. The Hall–Kier alpha value is -2.12. The van der Waals surface area contributed by atoms with Crippen molar-refractivity contribution in [3.05, 3.63) is 54.6 Å². The lowest BCUT2D eigenvalue weighted by Crippen LogP contribution is -2.22. The molecule has 0 saturated heterocycles. The number of thioether (sulfide) groups is 1. The van der Waals surface area contributed by atoms with Gasteiger partial charge in [0.05, 0.1) is 21.7 Å². The second kappa shape index (κ2) is 6.89. The van der Waals surface area contributed by atoms with Crippen molar-refractivity contribution in [2.24, 2.45) is 5.41 Å². The van der Waals surface area contributed by atoms with Gasteiger partial charge < -0.3 is 0 Å². The van der Waals surface area contributed by atoms with Crippen molar-refractivity contribution in [3.8, 4) is 0 Å². The molecule has 0 atom stereocenters. The Kier molecular flexibility index (Phi) is 4.94. The molecule has 136 valence electrons. The van der Waals surface area contributed by atoms with Gasteiger partial charge in [-0.25, -0.2) is 17.4 Å². The zero-order valence-electron chi connectivity index (χ0n) is 14.8. The summed E-state index contributed by atoms with van der Waals surface area (Å²) in [6.07, 6.45) is 0. The summed E-state index contributed by atoms with van der Waals surface area (Å²) in [5, 5.41) is 0.299. The Balaban J connectivity index is 2.10. The van der Waals surface area contributed by atoms with Gasteiger partial charge in [0.15, 0.2) is 5.16 Å². The van der Waals surface area contributed by atoms with Crippen molar-refractivity contribution in [1.82, 2.24) is 8.96 Å². The minimum Gasteiger partial charge on any atom is -0.298 e. The lowest BCUT2D eigenvalue weighted by Gasteiger charge is -2.16. The highest BCUT2D eigenvalue weighted by molar-refractivity contribution is 8.00. The fraction of sp³-hybridized carbons (Fsp3) is 0.263. The maximum Gasteiger partial charge on any atom is 0.270 e. The van der Waals surface area contributed by atoms with Crippen LogP contribution in [-0.2, 0) is 14.8 Å². The molecule has 0 unspecified atom stereocenters. The van der Waals surface area contributed by atoms with E-state index in [4.69, 9.17) is 0 Å². The molecule has 0 aliphatic rings. The zero-order valence-corrected chi connectivity index (χ0v) is 16.5. The van der Waals surface area contributed by atoms with Crippen LogP contribution in [0.3, 0.4) is 0 Å². The first-order valence-corrected chi connectivity index (χ1v) is 10.6. The van der Waals surface area contributed by atoms with Crippen LogP contribution >= 0.6 is 11.8 Å². The quantitative estimate of drug-likeness (QED) is 0.618. The van der Waals surface area contributed by atoms with Gasteiger partial charge >= 0.3 is 0 Å². The van der Waals surface area contributed by atoms with Crippen LogP contribution in [0, 0.1) is 5.41 Å². The van der Waals surface area contributed by atoms with Crippen molar-refractivity contribution in [2.75, 3.05) is 5.75 Å². The molecule has 0 fully saturated rings. The number of imidazole rings is 1. The first-order valence-electron chi connectivity index (χ1n) is 8.15. The lowest BCUT2D eigenvalue weighted by atomic mass is 9.92. The molecule has 0 aliphatic carbocycles. The first kappa shape index (κ1) is 18.7. The summed E-state index contributed by atoms with van der Waals surface area (Å²) >= 11 is 1.15. The van der Waals surface area contributed by atoms with Crippen LogP contribution in [0.1, 0.15) is 20.8 Å². The van der Waals surface area contributed by atoms with E-state index in [2.05, 4.69) is 4.98 Å². The van der Waals surface area contributed by atoms with Gasteiger partial charge in [0, 0.05) is 5.41 Å². The van der Waals surface area contributed by atoms with Gasteiger partial charge in [-0.2, -0.15) is 0 Å². The van der Waals surface area contributed by atoms with E-state index in [1.54, 1.807) is 48.5 Å². The zero-order chi connectivity index (χ0) is 18.9. The van der Waals surface area contributed by atoms with Gasteiger partial charge in [0.2, 0.25) is 0 Å². The van der Waals surface area contributed by atoms with Gasteiger partial charge in [-0.3, -0.25) is 4.79 Å². The number of hydrogen-bond donors (Lipinski definition) is 0. The van der Waals surface area contributed by atoms with Gasteiger partial charge in [-0.1, -0.05) is 62.9 Å². The molecule has 1 aromatic heterocycles. The second-order valence-corrected chi connectivity index (χ2v) is 9.66. The number of ketones is 1. The molecule has 3 rings (SSSR count). The topological polar surface area (TPSA) is 69.0 Å². The van der Waals surface area contributed by atoms with Crippen molar-refractivity contribution in [1.29, 1.82) is 0 Å². The number of carbonyl (C=O) groups is 1. The number of aromatic nitrogens is 2. The standard InChI is InChI=1S/C19H20N2O3S2/c1-19(2,3)17(22)13-25-18-20-15-11-7-8-12-16(15)21(18)26(23,24)14-9-5-4-6-10-14/h4-12H,13H2,1-3H3. The molecule has 0 aliphatic heterocycles. The summed E-state index contributed by atoms with van der Waals surface area (Å²) in [6, 6.07) is 15.3. The molecule has 1 heterocycles. The molecule has 0 bridgehead atoms. The number of para-hydroxylation sites is 2. The average molecular weight is 389 g/mol. The van der Waals surface area contributed by atoms with E-state index in [9.17, 15) is 13.2 Å². The molecule has 26 heavy (non-hydrogen) atoms. The highest BCUT2D eigenvalue weighted by Crippen LogP contribution is 2.30.